The molecule has 1 amide bonds. The molecule has 0 saturated carbocycles. The van der Waals surface area contributed by atoms with Crippen molar-refractivity contribution in [2.45, 2.75) is 49.5 Å². The second-order valence-corrected chi connectivity index (χ2v) is 11.8. The molecule has 5 unspecified atom stereocenters. The van der Waals surface area contributed by atoms with E-state index in [4.69, 9.17) is 37.4 Å². The van der Waals surface area contributed by atoms with Crippen LogP contribution in [-0.2, 0) is 19.0 Å². The smallest absolute Gasteiger partial charge is 0.259 e. The Morgan fingerprint density at radius 1 is 1.20 bits per heavy atom. The maximum atomic E-state index is 14.4. The molecule has 0 aliphatic carbocycles. The van der Waals surface area contributed by atoms with Gasteiger partial charge in [-0.2, -0.15) is 0 Å². The molecule has 3 heterocycles. The van der Waals surface area contributed by atoms with E-state index in [9.17, 15) is 20.1 Å². The van der Waals surface area contributed by atoms with Crippen molar-refractivity contribution >= 4 is 50.7 Å². The number of amides is 1. The maximum Gasteiger partial charge on any atom is 0.259 e. The minimum absolute atomic E-state index is 0.0672. The fourth-order valence-corrected chi connectivity index (χ4v) is 6.22. The fourth-order valence-electron chi connectivity index (χ4n) is 5.32. The van der Waals surface area contributed by atoms with Crippen molar-refractivity contribution in [2.24, 2.45) is 0 Å². The standard InChI is InChI=1S/C27H29BrCl2N4O7/c1-13-5-15(28)8-16(6-13)34(20-11-40-12-21(20)36)27(38)26-25(39-2)23(24(37)22(10-35)41-26)33-9-19(31-32-33)14-3-4-17(29)18(30)7-14/h3-9,20-26,35-37H,10-12H2,1-2H3/t20-,21-,22?,23?,24?,25?,26?/m0/s1. The molecule has 11 nitrogen and oxygen atoms in total. The summed E-state index contributed by atoms with van der Waals surface area (Å²) < 4.78 is 19.4. The Balaban J connectivity index is 1.54. The molecular weight excluding hydrogens is 643 g/mol. The number of hydrogen-bond donors (Lipinski definition) is 3. The molecular formula is C27H29BrCl2N4O7. The van der Waals surface area contributed by atoms with Crippen molar-refractivity contribution in [2.75, 3.05) is 31.8 Å². The molecule has 5 rings (SSSR count). The van der Waals surface area contributed by atoms with Gasteiger partial charge in [0.1, 0.15) is 36.2 Å². The molecule has 0 radical (unpaired) electrons. The van der Waals surface area contributed by atoms with Crippen LogP contribution < -0.4 is 4.90 Å². The minimum atomic E-state index is -1.31. The number of carbonyl (C=O) groups excluding carboxylic acids is 1. The summed E-state index contributed by atoms with van der Waals surface area (Å²) in [6.45, 7) is 1.49. The molecule has 3 aromatic rings. The van der Waals surface area contributed by atoms with Gasteiger partial charge in [0.2, 0.25) is 0 Å². The van der Waals surface area contributed by atoms with E-state index in [2.05, 4.69) is 26.2 Å². The Morgan fingerprint density at radius 2 is 1.98 bits per heavy atom. The van der Waals surface area contributed by atoms with Crippen LogP contribution in [0.15, 0.2) is 47.1 Å². The van der Waals surface area contributed by atoms with Crippen LogP contribution in [0.4, 0.5) is 5.69 Å². The highest BCUT2D eigenvalue weighted by Gasteiger charge is 2.52. The van der Waals surface area contributed by atoms with Crippen LogP contribution in [-0.4, -0.2) is 99.7 Å². The molecule has 2 aromatic carbocycles. The highest BCUT2D eigenvalue weighted by atomic mass is 79.9. The average molecular weight is 672 g/mol. The summed E-state index contributed by atoms with van der Waals surface area (Å²) in [7, 11) is 1.39. The summed E-state index contributed by atoms with van der Waals surface area (Å²) in [4.78, 5) is 15.8. The third-order valence-electron chi connectivity index (χ3n) is 7.31. The quantitative estimate of drug-likeness (QED) is 0.346. The van der Waals surface area contributed by atoms with Gasteiger partial charge in [0.05, 0.1) is 42.1 Å². The largest absolute Gasteiger partial charge is 0.394 e. The Labute approximate surface area is 254 Å². The number of anilines is 1. The van der Waals surface area contributed by atoms with Gasteiger partial charge in [-0.25, -0.2) is 4.68 Å². The van der Waals surface area contributed by atoms with Gasteiger partial charge < -0.3 is 34.4 Å². The number of carbonyl (C=O) groups is 1. The number of aromatic nitrogens is 3. The lowest BCUT2D eigenvalue weighted by Gasteiger charge is -2.45. The SMILES string of the molecule is COC1C(C(=O)N(c2cc(C)cc(Br)c2)[C@H]2COC[C@@H]2O)OC(CO)C(O)C1n1cc(-c2ccc(Cl)c(Cl)c2)nn1. The Kier molecular flexibility index (Phi) is 9.34. The van der Waals surface area contributed by atoms with Gasteiger partial charge >= 0.3 is 0 Å². The van der Waals surface area contributed by atoms with Gasteiger partial charge in [-0.3, -0.25) is 4.79 Å². The van der Waals surface area contributed by atoms with E-state index in [1.54, 1.807) is 30.5 Å². The number of aliphatic hydroxyl groups is 3. The van der Waals surface area contributed by atoms with Crippen LogP contribution in [0.5, 0.6) is 0 Å². The Bertz CT molecular complexity index is 1390. The molecule has 2 aliphatic rings. The number of halogens is 3. The van der Waals surface area contributed by atoms with Gasteiger partial charge in [-0.1, -0.05) is 50.4 Å². The topological polar surface area (TPSA) is 139 Å². The second-order valence-electron chi connectivity index (χ2n) is 10.0. The maximum absolute atomic E-state index is 14.4. The zero-order chi connectivity index (χ0) is 29.4. The lowest BCUT2D eigenvalue weighted by molar-refractivity contribution is -0.211. The van der Waals surface area contributed by atoms with E-state index in [-0.39, 0.29) is 13.2 Å². The van der Waals surface area contributed by atoms with E-state index < -0.39 is 55.1 Å². The van der Waals surface area contributed by atoms with Crippen LogP contribution in [0.2, 0.25) is 10.0 Å². The minimum Gasteiger partial charge on any atom is -0.394 e. The van der Waals surface area contributed by atoms with E-state index in [1.807, 2.05) is 19.1 Å². The third kappa shape index (κ3) is 6.03. The zero-order valence-electron chi connectivity index (χ0n) is 22.1. The van der Waals surface area contributed by atoms with Gasteiger partial charge in [-0.15, -0.1) is 5.10 Å². The number of hydrogen-bond acceptors (Lipinski definition) is 9. The van der Waals surface area contributed by atoms with Crippen molar-refractivity contribution in [3.63, 3.8) is 0 Å². The van der Waals surface area contributed by atoms with Crippen LogP contribution >= 0.6 is 39.1 Å². The van der Waals surface area contributed by atoms with E-state index in [0.29, 0.717) is 27.0 Å². The Hall–Kier alpha value is -2.13. The van der Waals surface area contributed by atoms with Crippen molar-refractivity contribution in [3.8, 4) is 11.3 Å². The predicted octanol–water partition coefficient (Wildman–Crippen LogP) is 2.79. The number of methoxy groups -OCH3 is 1. The molecule has 1 aromatic heterocycles. The van der Waals surface area contributed by atoms with Crippen molar-refractivity contribution in [1.82, 2.24) is 15.0 Å². The molecule has 0 spiro atoms. The highest BCUT2D eigenvalue weighted by molar-refractivity contribution is 9.10. The first-order valence-corrected chi connectivity index (χ1v) is 14.4. The van der Waals surface area contributed by atoms with Gasteiger partial charge in [0.15, 0.2) is 6.10 Å². The summed E-state index contributed by atoms with van der Waals surface area (Å²) in [6.07, 6.45) is -4.16. The molecule has 2 fully saturated rings. The number of nitrogens with zero attached hydrogens (tertiary/aromatic N) is 4. The van der Waals surface area contributed by atoms with Crippen LogP contribution in [0.25, 0.3) is 11.3 Å². The van der Waals surface area contributed by atoms with Crippen molar-refractivity contribution < 1.29 is 34.3 Å². The van der Waals surface area contributed by atoms with E-state index in [1.165, 1.54) is 16.7 Å². The number of benzene rings is 2. The number of aliphatic hydroxyl groups excluding tert-OH is 3. The van der Waals surface area contributed by atoms with Crippen LogP contribution in [0.3, 0.4) is 0 Å². The number of aryl methyl sites for hydroxylation is 1. The van der Waals surface area contributed by atoms with Crippen molar-refractivity contribution in [3.05, 3.63) is 62.7 Å². The van der Waals surface area contributed by atoms with Crippen LogP contribution in [0.1, 0.15) is 11.6 Å². The number of ether oxygens (including phenoxy) is 3. The first kappa shape index (κ1) is 30.3. The monoisotopic (exact) mass is 670 g/mol. The zero-order valence-corrected chi connectivity index (χ0v) is 25.2. The van der Waals surface area contributed by atoms with Gasteiger partial charge in [0, 0.05) is 22.8 Å². The Morgan fingerprint density at radius 3 is 2.61 bits per heavy atom. The van der Waals surface area contributed by atoms with Crippen LogP contribution in [0, 0.1) is 6.92 Å². The number of rotatable bonds is 7. The molecule has 3 N–H and O–H groups in total. The van der Waals surface area contributed by atoms with Gasteiger partial charge in [-0.05, 0) is 42.8 Å². The molecule has 2 aliphatic heterocycles. The first-order valence-electron chi connectivity index (χ1n) is 12.8. The molecule has 41 heavy (non-hydrogen) atoms. The molecule has 220 valence electrons. The first-order chi connectivity index (χ1) is 19.6. The molecule has 0 bridgehead atoms. The van der Waals surface area contributed by atoms with E-state index >= 15 is 0 Å². The summed E-state index contributed by atoms with van der Waals surface area (Å²) in [6, 6.07) is 8.80. The highest BCUT2D eigenvalue weighted by Crippen LogP contribution is 2.36. The van der Waals surface area contributed by atoms with Crippen molar-refractivity contribution in [1.29, 1.82) is 0 Å². The third-order valence-corrected chi connectivity index (χ3v) is 8.51. The molecule has 2 saturated heterocycles. The summed E-state index contributed by atoms with van der Waals surface area (Å²) in [5.41, 5.74) is 2.48. The second kappa shape index (κ2) is 12.6. The lowest BCUT2D eigenvalue weighted by atomic mass is 9.91. The fraction of sp³-hybridized carbons (Fsp3) is 0.444. The summed E-state index contributed by atoms with van der Waals surface area (Å²) >= 11 is 15.7. The molecule has 7 atom stereocenters. The average Bonchev–Trinajstić information content (AvgIpc) is 3.59. The lowest BCUT2D eigenvalue weighted by Crippen LogP contribution is -2.63. The normalized spacial score (nSPS) is 28.1. The van der Waals surface area contributed by atoms with Gasteiger partial charge in [0.25, 0.3) is 5.91 Å². The summed E-state index contributed by atoms with van der Waals surface area (Å²) in [5.74, 6) is -0.538. The summed E-state index contributed by atoms with van der Waals surface area (Å²) in [5, 5.41) is 41.2. The predicted molar refractivity (Wildman–Crippen MR) is 154 cm³/mol. The van der Waals surface area contributed by atoms with E-state index in [0.717, 1.165) is 10.0 Å². The molecule has 14 heteroatoms.